The van der Waals surface area contributed by atoms with Gasteiger partial charge in [0, 0.05) is 43.1 Å². The molecule has 1 aromatic carbocycles. The number of carbonyl (C=O) groups excluding carboxylic acids is 1. The molecule has 0 radical (unpaired) electrons. The topological polar surface area (TPSA) is 51.2 Å². The first-order valence-corrected chi connectivity index (χ1v) is 8.89. The maximum Gasteiger partial charge on any atom is 0.220 e. The lowest BCUT2D eigenvalue weighted by Crippen LogP contribution is -2.39. The highest BCUT2D eigenvalue weighted by Gasteiger charge is 2.23. The number of aromatic nitrogens is 1. The van der Waals surface area contributed by atoms with Crippen molar-refractivity contribution in [3.63, 3.8) is 0 Å². The van der Waals surface area contributed by atoms with E-state index >= 15 is 0 Å². The summed E-state index contributed by atoms with van der Waals surface area (Å²) in [5.41, 5.74) is 1.04. The van der Waals surface area contributed by atoms with E-state index < -0.39 is 11.6 Å². The first kappa shape index (κ1) is 18.3. The molecular weight excluding hydrogens is 338 g/mol. The van der Waals surface area contributed by atoms with Gasteiger partial charge in [-0.1, -0.05) is 6.07 Å². The minimum Gasteiger partial charge on any atom is -0.490 e. The number of halogens is 2. The van der Waals surface area contributed by atoms with Crippen molar-refractivity contribution in [1.29, 1.82) is 0 Å². The predicted octanol–water partition coefficient (Wildman–Crippen LogP) is 3.80. The van der Waals surface area contributed by atoms with Gasteiger partial charge < -0.3 is 10.1 Å². The molecule has 0 atom stereocenters. The van der Waals surface area contributed by atoms with Gasteiger partial charge in [0.1, 0.15) is 17.4 Å². The lowest BCUT2D eigenvalue weighted by atomic mass is 9.92. The number of amides is 1. The van der Waals surface area contributed by atoms with E-state index in [1.165, 1.54) is 12.1 Å². The van der Waals surface area contributed by atoms with Crippen molar-refractivity contribution in [3.05, 3.63) is 59.9 Å². The van der Waals surface area contributed by atoms with Gasteiger partial charge in [-0.05, 0) is 43.7 Å². The van der Waals surface area contributed by atoms with Gasteiger partial charge >= 0.3 is 0 Å². The summed E-state index contributed by atoms with van der Waals surface area (Å²) in [6.45, 7) is 0. The average Bonchev–Trinajstić information content (AvgIpc) is 2.62. The van der Waals surface area contributed by atoms with Gasteiger partial charge in [0.15, 0.2) is 0 Å². The Hall–Kier alpha value is -2.50. The van der Waals surface area contributed by atoms with E-state index in [1.54, 1.807) is 12.4 Å². The Morgan fingerprint density at radius 1 is 1.15 bits per heavy atom. The quantitative estimate of drug-likeness (QED) is 0.853. The Morgan fingerprint density at radius 2 is 1.88 bits per heavy atom. The van der Waals surface area contributed by atoms with Crippen LogP contribution in [0.2, 0.25) is 0 Å². The first-order chi connectivity index (χ1) is 12.6. The number of hydrogen-bond acceptors (Lipinski definition) is 3. The highest BCUT2D eigenvalue weighted by Crippen LogP contribution is 2.25. The summed E-state index contributed by atoms with van der Waals surface area (Å²) in [4.78, 5) is 16.1. The van der Waals surface area contributed by atoms with Crippen LogP contribution in [0.4, 0.5) is 8.78 Å². The summed E-state index contributed by atoms with van der Waals surface area (Å²) in [6.07, 6.45) is 7.57. The van der Waals surface area contributed by atoms with E-state index in [0.717, 1.165) is 37.3 Å². The van der Waals surface area contributed by atoms with E-state index in [-0.39, 0.29) is 23.8 Å². The van der Waals surface area contributed by atoms with Gasteiger partial charge in [-0.15, -0.1) is 0 Å². The monoisotopic (exact) mass is 360 g/mol. The van der Waals surface area contributed by atoms with Crippen molar-refractivity contribution >= 4 is 5.91 Å². The van der Waals surface area contributed by atoms with Crippen LogP contribution in [0.1, 0.15) is 37.7 Å². The van der Waals surface area contributed by atoms with Gasteiger partial charge in [-0.3, -0.25) is 9.78 Å². The number of benzene rings is 1. The minimum absolute atomic E-state index is 0.0328. The van der Waals surface area contributed by atoms with Crippen molar-refractivity contribution in [2.24, 2.45) is 0 Å². The SMILES string of the molecule is O=C(CCc1cccnc1)NC1CCC(Oc2cc(F)cc(F)c2)CC1. The third kappa shape index (κ3) is 5.51. The van der Waals surface area contributed by atoms with Crippen molar-refractivity contribution in [2.75, 3.05) is 0 Å². The van der Waals surface area contributed by atoms with Crippen molar-refractivity contribution in [2.45, 2.75) is 50.7 Å². The molecule has 0 bridgehead atoms. The van der Waals surface area contributed by atoms with Crippen LogP contribution in [-0.2, 0) is 11.2 Å². The number of nitrogens with one attached hydrogen (secondary N) is 1. The zero-order chi connectivity index (χ0) is 18.4. The van der Waals surface area contributed by atoms with Crippen LogP contribution in [0.3, 0.4) is 0 Å². The van der Waals surface area contributed by atoms with E-state index in [4.69, 9.17) is 4.74 Å². The summed E-state index contributed by atoms with van der Waals surface area (Å²) in [7, 11) is 0. The second-order valence-electron chi connectivity index (χ2n) is 6.63. The van der Waals surface area contributed by atoms with Crippen molar-refractivity contribution < 1.29 is 18.3 Å². The Labute approximate surface area is 151 Å². The second kappa shape index (κ2) is 8.74. The molecule has 1 heterocycles. The van der Waals surface area contributed by atoms with Gasteiger partial charge in [0.25, 0.3) is 0 Å². The molecule has 0 spiro atoms. The Morgan fingerprint density at radius 3 is 2.54 bits per heavy atom. The lowest BCUT2D eigenvalue weighted by Gasteiger charge is -2.29. The molecule has 3 rings (SSSR count). The third-order valence-corrected chi connectivity index (χ3v) is 4.54. The Balaban J connectivity index is 1.40. The summed E-state index contributed by atoms with van der Waals surface area (Å²) < 4.78 is 32.1. The summed E-state index contributed by atoms with van der Waals surface area (Å²) >= 11 is 0. The number of hydrogen-bond donors (Lipinski definition) is 1. The zero-order valence-electron chi connectivity index (χ0n) is 14.5. The van der Waals surface area contributed by atoms with Crippen LogP contribution in [0.5, 0.6) is 5.75 Å². The fraction of sp³-hybridized carbons (Fsp3) is 0.400. The molecule has 0 saturated heterocycles. The number of aryl methyl sites for hydroxylation is 1. The third-order valence-electron chi connectivity index (χ3n) is 4.54. The largest absolute Gasteiger partial charge is 0.490 e. The maximum atomic E-state index is 13.2. The molecule has 0 unspecified atom stereocenters. The molecule has 1 amide bonds. The first-order valence-electron chi connectivity index (χ1n) is 8.89. The van der Waals surface area contributed by atoms with Gasteiger partial charge in [0.05, 0.1) is 6.10 Å². The summed E-state index contributed by atoms with van der Waals surface area (Å²) in [5.74, 6) is -1.04. The van der Waals surface area contributed by atoms with E-state index in [9.17, 15) is 13.6 Å². The van der Waals surface area contributed by atoms with E-state index in [0.29, 0.717) is 12.8 Å². The molecular formula is C20H22F2N2O2. The number of carbonyl (C=O) groups is 1. The van der Waals surface area contributed by atoms with Crippen LogP contribution in [0.15, 0.2) is 42.7 Å². The molecule has 6 heteroatoms. The molecule has 1 aliphatic carbocycles. The maximum absolute atomic E-state index is 13.2. The molecule has 138 valence electrons. The minimum atomic E-state index is -0.644. The molecule has 1 saturated carbocycles. The van der Waals surface area contributed by atoms with Gasteiger partial charge in [-0.2, -0.15) is 0 Å². The molecule has 1 aromatic heterocycles. The standard InChI is InChI=1S/C20H22F2N2O2/c21-15-10-16(22)12-19(11-15)26-18-6-4-17(5-7-18)24-20(25)8-3-14-2-1-9-23-13-14/h1-2,9-13,17-18H,3-8H2,(H,24,25). The summed E-state index contributed by atoms with van der Waals surface area (Å²) in [6, 6.07) is 7.15. The van der Waals surface area contributed by atoms with Crippen molar-refractivity contribution in [1.82, 2.24) is 10.3 Å². The molecule has 4 nitrogen and oxygen atoms in total. The second-order valence-corrected chi connectivity index (χ2v) is 6.63. The molecule has 1 N–H and O–H groups in total. The average molecular weight is 360 g/mol. The number of nitrogens with zero attached hydrogens (tertiary/aromatic N) is 1. The Bertz CT molecular complexity index is 712. The lowest BCUT2D eigenvalue weighted by molar-refractivity contribution is -0.122. The van der Waals surface area contributed by atoms with E-state index in [2.05, 4.69) is 10.3 Å². The fourth-order valence-electron chi connectivity index (χ4n) is 3.22. The molecule has 0 aliphatic heterocycles. The smallest absolute Gasteiger partial charge is 0.220 e. The number of pyridine rings is 1. The number of rotatable bonds is 6. The Kier molecular flexibility index (Phi) is 6.15. The van der Waals surface area contributed by atoms with Crippen LogP contribution in [-0.4, -0.2) is 23.0 Å². The van der Waals surface area contributed by atoms with Gasteiger partial charge in [0.2, 0.25) is 5.91 Å². The molecule has 2 aromatic rings. The number of ether oxygens (including phenoxy) is 1. The van der Waals surface area contributed by atoms with Crippen LogP contribution in [0.25, 0.3) is 0 Å². The van der Waals surface area contributed by atoms with E-state index in [1.807, 2.05) is 12.1 Å². The highest BCUT2D eigenvalue weighted by atomic mass is 19.1. The normalized spacial score (nSPS) is 19.8. The molecule has 1 aliphatic rings. The van der Waals surface area contributed by atoms with Gasteiger partial charge in [-0.25, -0.2) is 8.78 Å². The van der Waals surface area contributed by atoms with Crippen LogP contribution in [0, 0.1) is 11.6 Å². The molecule has 1 fully saturated rings. The van der Waals surface area contributed by atoms with Crippen molar-refractivity contribution in [3.8, 4) is 5.75 Å². The highest BCUT2D eigenvalue weighted by molar-refractivity contribution is 5.76. The predicted molar refractivity (Wildman–Crippen MR) is 93.7 cm³/mol. The fourth-order valence-corrected chi connectivity index (χ4v) is 3.22. The zero-order valence-corrected chi connectivity index (χ0v) is 14.5. The van der Waals surface area contributed by atoms with Crippen LogP contribution < -0.4 is 10.1 Å². The van der Waals surface area contributed by atoms with Crippen LogP contribution >= 0.6 is 0 Å². The molecule has 26 heavy (non-hydrogen) atoms. The summed E-state index contributed by atoms with van der Waals surface area (Å²) in [5, 5.41) is 3.06.